The van der Waals surface area contributed by atoms with E-state index in [4.69, 9.17) is 0 Å². The molecule has 0 saturated carbocycles. The molecule has 0 bridgehead atoms. The van der Waals surface area contributed by atoms with E-state index in [1.165, 1.54) is 18.3 Å². The molecule has 3 rings (SSSR count). The van der Waals surface area contributed by atoms with Crippen molar-refractivity contribution in [1.29, 1.82) is 0 Å². The van der Waals surface area contributed by atoms with Gasteiger partial charge in [0.15, 0.2) is 11.6 Å². The van der Waals surface area contributed by atoms with Crippen molar-refractivity contribution < 1.29 is 9.59 Å². The van der Waals surface area contributed by atoms with Crippen LogP contribution in [-0.4, -0.2) is 26.5 Å². The Kier molecular flexibility index (Phi) is 4.76. The van der Waals surface area contributed by atoms with Gasteiger partial charge < -0.3 is 5.32 Å². The first kappa shape index (κ1) is 17.0. The Morgan fingerprint density at radius 2 is 1.96 bits per heavy atom. The maximum Gasteiger partial charge on any atom is 0.261 e. The summed E-state index contributed by atoms with van der Waals surface area (Å²) in [6.07, 6.45) is 3.45. The summed E-state index contributed by atoms with van der Waals surface area (Å²) in [6.45, 7) is 5.34. The largest absolute Gasteiger partial charge is 0.345 e. The van der Waals surface area contributed by atoms with E-state index in [0.29, 0.717) is 9.75 Å². The molecule has 0 fully saturated rings. The molecule has 3 aromatic heterocycles. The second-order valence-electron chi connectivity index (χ2n) is 5.70. The van der Waals surface area contributed by atoms with Crippen molar-refractivity contribution in [2.24, 2.45) is 0 Å². The van der Waals surface area contributed by atoms with Crippen LogP contribution in [0.1, 0.15) is 50.5 Å². The molecule has 1 amide bonds. The molecule has 0 aliphatic heterocycles. The van der Waals surface area contributed by atoms with Crippen molar-refractivity contribution in [3.05, 3.63) is 63.7 Å². The third kappa shape index (κ3) is 3.51. The number of ketones is 1. The van der Waals surface area contributed by atoms with E-state index in [2.05, 4.69) is 15.4 Å². The highest BCUT2D eigenvalue weighted by Crippen LogP contribution is 2.21. The summed E-state index contributed by atoms with van der Waals surface area (Å²) in [5.41, 5.74) is 1.84. The van der Waals surface area contributed by atoms with E-state index in [1.807, 2.05) is 32.0 Å². The summed E-state index contributed by atoms with van der Waals surface area (Å²) in [4.78, 5) is 29.2. The minimum atomic E-state index is -0.215. The highest BCUT2D eigenvalue weighted by molar-refractivity contribution is 7.15. The lowest BCUT2D eigenvalue weighted by molar-refractivity contribution is 0.0943. The standard InChI is InChI=1S/C18H18N4O2S/c1-11(21-18(24)16-8-7-15(25-16)13(3)23)14-10-20-22(12(14)2)17-6-4-5-9-19-17/h4-11H,1-3H3,(H,21,24). The highest BCUT2D eigenvalue weighted by atomic mass is 32.1. The molecule has 1 atom stereocenters. The van der Waals surface area contributed by atoms with E-state index in [9.17, 15) is 9.59 Å². The van der Waals surface area contributed by atoms with Crippen LogP contribution in [0.5, 0.6) is 0 Å². The lowest BCUT2D eigenvalue weighted by atomic mass is 10.1. The monoisotopic (exact) mass is 354 g/mol. The average Bonchev–Trinajstić information content (AvgIpc) is 3.22. The lowest BCUT2D eigenvalue weighted by Crippen LogP contribution is -2.26. The summed E-state index contributed by atoms with van der Waals surface area (Å²) >= 11 is 1.20. The SMILES string of the molecule is CC(=O)c1ccc(C(=O)NC(C)c2cnn(-c3ccccn3)c2C)s1. The van der Waals surface area contributed by atoms with Gasteiger partial charge in [0.2, 0.25) is 0 Å². The molecule has 0 radical (unpaired) electrons. The van der Waals surface area contributed by atoms with Crippen molar-refractivity contribution in [2.45, 2.75) is 26.8 Å². The number of thiophene rings is 1. The number of amides is 1. The van der Waals surface area contributed by atoms with Gasteiger partial charge in [-0.2, -0.15) is 5.10 Å². The van der Waals surface area contributed by atoms with Crippen LogP contribution in [0, 0.1) is 6.92 Å². The highest BCUT2D eigenvalue weighted by Gasteiger charge is 2.18. The number of rotatable bonds is 5. The Morgan fingerprint density at radius 1 is 1.20 bits per heavy atom. The van der Waals surface area contributed by atoms with Crippen LogP contribution in [0.15, 0.2) is 42.7 Å². The van der Waals surface area contributed by atoms with Gasteiger partial charge in [-0.1, -0.05) is 6.07 Å². The van der Waals surface area contributed by atoms with Crippen molar-refractivity contribution in [3.8, 4) is 5.82 Å². The summed E-state index contributed by atoms with van der Waals surface area (Å²) in [5.74, 6) is 0.494. The van der Waals surface area contributed by atoms with E-state index in [1.54, 1.807) is 29.2 Å². The van der Waals surface area contributed by atoms with E-state index >= 15 is 0 Å². The summed E-state index contributed by atoms with van der Waals surface area (Å²) < 4.78 is 1.75. The molecular weight excluding hydrogens is 336 g/mol. The fourth-order valence-corrected chi connectivity index (χ4v) is 3.36. The van der Waals surface area contributed by atoms with Gasteiger partial charge in [0, 0.05) is 17.5 Å². The molecule has 0 spiro atoms. The maximum atomic E-state index is 12.4. The Bertz CT molecular complexity index is 914. The Labute approximate surface area is 149 Å². The Balaban J connectivity index is 1.77. The molecule has 6 nitrogen and oxygen atoms in total. The average molecular weight is 354 g/mol. The minimum Gasteiger partial charge on any atom is -0.345 e. The van der Waals surface area contributed by atoms with Gasteiger partial charge in [0.25, 0.3) is 5.91 Å². The van der Waals surface area contributed by atoms with Crippen molar-refractivity contribution >= 4 is 23.0 Å². The second kappa shape index (κ2) is 6.98. The van der Waals surface area contributed by atoms with Crippen LogP contribution in [0.4, 0.5) is 0 Å². The fourth-order valence-electron chi connectivity index (χ4n) is 2.55. The topological polar surface area (TPSA) is 76.9 Å². The molecule has 25 heavy (non-hydrogen) atoms. The third-order valence-electron chi connectivity index (χ3n) is 3.90. The number of nitrogens with one attached hydrogen (secondary N) is 1. The smallest absolute Gasteiger partial charge is 0.261 e. The molecule has 1 unspecified atom stereocenters. The second-order valence-corrected chi connectivity index (χ2v) is 6.78. The summed E-state index contributed by atoms with van der Waals surface area (Å²) in [6, 6.07) is 8.76. The summed E-state index contributed by atoms with van der Waals surface area (Å²) in [5, 5.41) is 7.33. The molecule has 0 aliphatic rings. The van der Waals surface area contributed by atoms with Crippen LogP contribution in [0.2, 0.25) is 0 Å². The van der Waals surface area contributed by atoms with Gasteiger partial charge >= 0.3 is 0 Å². The zero-order chi connectivity index (χ0) is 18.0. The number of hydrogen-bond acceptors (Lipinski definition) is 5. The van der Waals surface area contributed by atoms with E-state index in [-0.39, 0.29) is 17.7 Å². The zero-order valence-electron chi connectivity index (χ0n) is 14.2. The fraction of sp³-hybridized carbons (Fsp3) is 0.222. The first-order valence-electron chi connectivity index (χ1n) is 7.85. The molecule has 0 aliphatic carbocycles. The molecule has 3 aromatic rings. The molecule has 128 valence electrons. The number of hydrogen-bond donors (Lipinski definition) is 1. The van der Waals surface area contributed by atoms with Crippen molar-refractivity contribution in [2.75, 3.05) is 0 Å². The third-order valence-corrected chi connectivity index (χ3v) is 5.09. The van der Waals surface area contributed by atoms with Gasteiger partial charge in [0.05, 0.1) is 22.0 Å². The molecule has 0 aromatic carbocycles. The van der Waals surface area contributed by atoms with Crippen LogP contribution in [0.3, 0.4) is 0 Å². The van der Waals surface area contributed by atoms with E-state index < -0.39 is 0 Å². The number of nitrogens with zero attached hydrogens (tertiary/aromatic N) is 3. The molecule has 3 heterocycles. The van der Waals surface area contributed by atoms with Crippen molar-refractivity contribution in [3.63, 3.8) is 0 Å². The molecule has 0 saturated heterocycles. The molecular formula is C18H18N4O2S. The lowest BCUT2D eigenvalue weighted by Gasteiger charge is -2.13. The van der Waals surface area contributed by atoms with Crippen LogP contribution in [0.25, 0.3) is 5.82 Å². The van der Waals surface area contributed by atoms with Gasteiger partial charge in [-0.25, -0.2) is 9.67 Å². The minimum absolute atomic E-state index is 0.0374. The zero-order valence-corrected chi connectivity index (χ0v) is 15.0. The predicted molar refractivity (Wildman–Crippen MR) is 96.3 cm³/mol. The summed E-state index contributed by atoms with van der Waals surface area (Å²) in [7, 11) is 0. The maximum absolute atomic E-state index is 12.4. The Morgan fingerprint density at radius 3 is 2.60 bits per heavy atom. The first-order valence-corrected chi connectivity index (χ1v) is 8.66. The first-order chi connectivity index (χ1) is 12.0. The van der Waals surface area contributed by atoms with Gasteiger partial charge in [-0.3, -0.25) is 9.59 Å². The number of carbonyl (C=O) groups is 2. The number of Topliss-reactive ketones (excluding diaryl/α,β-unsaturated/α-hetero) is 1. The number of aromatic nitrogens is 3. The van der Waals surface area contributed by atoms with Crippen LogP contribution >= 0.6 is 11.3 Å². The van der Waals surface area contributed by atoms with E-state index in [0.717, 1.165) is 17.1 Å². The van der Waals surface area contributed by atoms with Gasteiger partial charge in [-0.15, -0.1) is 11.3 Å². The normalized spacial score (nSPS) is 12.0. The number of pyridine rings is 1. The van der Waals surface area contributed by atoms with Crippen LogP contribution < -0.4 is 5.32 Å². The quantitative estimate of drug-likeness (QED) is 0.713. The van der Waals surface area contributed by atoms with Gasteiger partial charge in [0.1, 0.15) is 0 Å². The van der Waals surface area contributed by atoms with Gasteiger partial charge in [-0.05, 0) is 45.0 Å². The number of carbonyl (C=O) groups excluding carboxylic acids is 2. The molecule has 7 heteroatoms. The predicted octanol–water partition coefficient (Wildman–Crippen LogP) is 3.33. The van der Waals surface area contributed by atoms with Crippen LogP contribution in [-0.2, 0) is 0 Å². The van der Waals surface area contributed by atoms with Crippen molar-refractivity contribution in [1.82, 2.24) is 20.1 Å². The Hall–Kier alpha value is -2.80. The molecule has 1 N–H and O–H groups in total.